The molecule has 0 N–H and O–H groups in total. The SMILES string of the molecule is C=Cc1cc(OC(F)(F)F)cc(-c2ccc(Cl)cc2)c1. The average molecular weight is 299 g/mol. The number of hydrogen-bond donors (Lipinski definition) is 0. The van der Waals surface area contributed by atoms with Gasteiger partial charge in [-0.3, -0.25) is 0 Å². The molecule has 0 aliphatic heterocycles. The third-order valence-electron chi connectivity index (χ3n) is 2.58. The number of halogens is 4. The minimum Gasteiger partial charge on any atom is -0.406 e. The van der Waals surface area contributed by atoms with Crippen molar-refractivity contribution in [2.75, 3.05) is 0 Å². The molecule has 0 fully saturated rings. The summed E-state index contributed by atoms with van der Waals surface area (Å²) in [5.74, 6) is -0.278. The molecular weight excluding hydrogens is 289 g/mol. The fourth-order valence-electron chi connectivity index (χ4n) is 1.74. The molecule has 0 aliphatic rings. The minimum atomic E-state index is -4.73. The van der Waals surface area contributed by atoms with Crippen LogP contribution in [0.2, 0.25) is 5.02 Å². The van der Waals surface area contributed by atoms with Crippen LogP contribution in [0.4, 0.5) is 13.2 Å². The normalized spacial score (nSPS) is 11.2. The van der Waals surface area contributed by atoms with Crippen molar-refractivity contribution in [1.82, 2.24) is 0 Å². The number of benzene rings is 2. The van der Waals surface area contributed by atoms with Crippen LogP contribution in [0.15, 0.2) is 49.0 Å². The number of hydrogen-bond acceptors (Lipinski definition) is 1. The highest BCUT2D eigenvalue weighted by Gasteiger charge is 2.31. The molecule has 2 aromatic carbocycles. The van der Waals surface area contributed by atoms with E-state index in [0.29, 0.717) is 16.1 Å². The van der Waals surface area contributed by atoms with E-state index >= 15 is 0 Å². The van der Waals surface area contributed by atoms with Gasteiger partial charge in [0.05, 0.1) is 0 Å². The van der Waals surface area contributed by atoms with Gasteiger partial charge in [0.2, 0.25) is 0 Å². The molecule has 0 spiro atoms. The van der Waals surface area contributed by atoms with Crippen molar-refractivity contribution < 1.29 is 17.9 Å². The van der Waals surface area contributed by atoms with Gasteiger partial charge in [-0.15, -0.1) is 13.2 Å². The summed E-state index contributed by atoms with van der Waals surface area (Å²) in [7, 11) is 0. The molecule has 0 saturated carbocycles. The highest BCUT2D eigenvalue weighted by Crippen LogP contribution is 2.30. The van der Waals surface area contributed by atoms with Crippen LogP contribution in [-0.2, 0) is 0 Å². The largest absolute Gasteiger partial charge is 0.573 e. The zero-order valence-corrected chi connectivity index (χ0v) is 11.0. The Morgan fingerprint density at radius 1 is 1.00 bits per heavy atom. The van der Waals surface area contributed by atoms with Crippen LogP contribution in [0.1, 0.15) is 5.56 Å². The van der Waals surface area contributed by atoms with Crippen LogP contribution in [-0.4, -0.2) is 6.36 Å². The summed E-state index contributed by atoms with van der Waals surface area (Å²) < 4.78 is 40.9. The van der Waals surface area contributed by atoms with E-state index in [1.165, 1.54) is 18.2 Å². The Balaban J connectivity index is 2.45. The fourth-order valence-corrected chi connectivity index (χ4v) is 1.87. The van der Waals surface area contributed by atoms with Crippen LogP contribution >= 0.6 is 11.6 Å². The Bertz CT molecular complexity index is 618. The van der Waals surface area contributed by atoms with Gasteiger partial charge in [-0.05, 0) is 47.0 Å². The van der Waals surface area contributed by atoms with E-state index in [2.05, 4.69) is 11.3 Å². The Kier molecular flexibility index (Phi) is 4.04. The van der Waals surface area contributed by atoms with Crippen LogP contribution in [0.25, 0.3) is 17.2 Å². The van der Waals surface area contributed by atoms with Crippen molar-refractivity contribution in [2.45, 2.75) is 6.36 Å². The summed E-state index contributed by atoms with van der Waals surface area (Å²) in [5, 5.41) is 0.556. The summed E-state index contributed by atoms with van der Waals surface area (Å²) in [4.78, 5) is 0. The first-order chi connectivity index (χ1) is 9.37. The molecule has 0 heterocycles. The standard InChI is InChI=1S/C15H10ClF3O/c1-2-10-7-12(11-3-5-13(16)6-4-11)9-14(8-10)20-15(17,18)19/h2-9H,1H2. The molecule has 0 aromatic heterocycles. The molecule has 0 radical (unpaired) electrons. The Labute approximate surface area is 119 Å². The molecule has 1 nitrogen and oxygen atoms in total. The predicted molar refractivity (Wildman–Crippen MR) is 73.7 cm³/mol. The lowest BCUT2D eigenvalue weighted by molar-refractivity contribution is -0.274. The van der Waals surface area contributed by atoms with Crippen molar-refractivity contribution >= 4 is 17.7 Å². The first kappa shape index (κ1) is 14.5. The van der Waals surface area contributed by atoms with E-state index in [9.17, 15) is 13.2 Å². The molecule has 0 aliphatic carbocycles. The first-order valence-corrected chi connectivity index (χ1v) is 6.04. The van der Waals surface area contributed by atoms with E-state index in [1.54, 1.807) is 30.3 Å². The highest BCUT2D eigenvalue weighted by atomic mass is 35.5. The van der Waals surface area contributed by atoms with Crippen molar-refractivity contribution in [3.63, 3.8) is 0 Å². The number of alkyl halides is 3. The quantitative estimate of drug-likeness (QED) is 0.722. The van der Waals surface area contributed by atoms with Gasteiger partial charge in [0, 0.05) is 5.02 Å². The smallest absolute Gasteiger partial charge is 0.406 e. The second-order valence-electron chi connectivity index (χ2n) is 4.05. The summed E-state index contributed by atoms with van der Waals surface area (Å²) in [6.45, 7) is 3.56. The number of ether oxygens (including phenoxy) is 1. The molecule has 5 heteroatoms. The molecule has 20 heavy (non-hydrogen) atoms. The Morgan fingerprint density at radius 2 is 1.65 bits per heavy atom. The summed E-state index contributed by atoms with van der Waals surface area (Å²) >= 11 is 5.79. The molecular formula is C15H10ClF3O. The molecule has 0 saturated heterocycles. The second-order valence-corrected chi connectivity index (χ2v) is 4.49. The summed E-state index contributed by atoms with van der Waals surface area (Å²) in [5.41, 5.74) is 1.88. The predicted octanol–water partition coefficient (Wildman–Crippen LogP) is 5.55. The second kappa shape index (κ2) is 5.59. The van der Waals surface area contributed by atoms with Crippen LogP contribution in [0.5, 0.6) is 5.75 Å². The van der Waals surface area contributed by atoms with Crippen molar-refractivity contribution in [2.24, 2.45) is 0 Å². The van der Waals surface area contributed by atoms with Crippen LogP contribution in [0, 0.1) is 0 Å². The lowest BCUT2D eigenvalue weighted by Gasteiger charge is -2.12. The molecule has 104 valence electrons. The van der Waals surface area contributed by atoms with Gasteiger partial charge in [0.15, 0.2) is 0 Å². The maximum Gasteiger partial charge on any atom is 0.573 e. The third-order valence-corrected chi connectivity index (χ3v) is 2.83. The van der Waals surface area contributed by atoms with Gasteiger partial charge in [-0.25, -0.2) is 0 Å². The molecule has 2 rings (SSSR count). The van der Waals surface area contributed by atoms with Crippen molar-refractivity contribution in [3.05, 3.63) is 59.6 Å². The van der Waals surface area contributed by atoms with E-state index in [4.69, 9.17) is 11.6 Å². The Morgan fingerprint density at radius 3 is 2.20 bits per heavy atom. The van der Waals surface area contributed by atoms with E-state index in [0.717, 1.165) is 5.56 Å². The van der Waals surface area contributed by atoms with Crippen LogP contribution < -0.4 is 4.74 Å². The lowest BCUT2D eigenvalue weighted by atomic mass is 10.0. The van der Waals surface area contributed by atoms with Gasteiger partial charge in [-0.1, -0.05) is 36.4 Å². The van der Waals surface area contributed by atoms with Crippen LogP contribution in [0.3, 0.4) is 0 Å². The zero-order chi connectivity index (χ0) is 14.8. The van der Waals surface area contributed by atoms with Gasteiger partial charge in [0.25, 0.3) is 0 Å². The average Bonchev–Trinajstić information content (AvgIpc) is 2.37. The van der Waals surface area contributed by atoms with E-state index in [1.807, 2.05) is 0 Å². The minimum absolute atomic E-state index is 0.278. The van der Waals surface area contributed by atoms with Crippen molar-refractivity contribution in [1.29, 1.82) is 0 Å². The van der Waals surface area contributed by atoms with Gasteiger partial charge < -0.3 is 4.74 Å². The monoisotopic (exact) mass is 298 g/mol. The molecule has 0 atom stereocenters. The maximum atomic E-state index is 12.3. The van der Waals surface area contributed by atoms with Gasteiger partial charge >= 0.3 is 6.36 Å². The maximum absolute atomic E-state index is 12.3. The number of rotatable bonds is 3. The molecule has 2 aromatic rings. The first-order valence-electron chi connectivity index (χ1n) is 5.66. The zero-order valence-electron chi connectivity index (χ0n) is 10.2. The van der Waals surface area contributed by atoms with Crippen molar-refractivity contribution in [3.8, 4) is 16.9 Å². The van der Waals surface area contributed by atoms with Gasteiger partial charge in [-0.2, -0.15) is 0 Å². The van der Waals surface area contributed by atoms with Gasteiger partial charge in [0.1, 0.15) is 5.75 Å². The Hall–Kier alpha value is -1.94. The fraction of sp³-hybridized carbons (Fsp3) is 0.0667. The van der Waals surface area contributed by atoms with E-state index < -0.39 is 6.36 Å². The topological polar surface area (TPSA) is 9.23 Å². The molecule has 0 amide bonds. The summed E-state index contributed by atoms with van der Waals surface area (Å²) in [6.07, 6.45) is -3.26. The molecule has 0 unspecified atom stereocenters. The van der Waals surface area contributed by atoms with E-state index in [-0.39, 0.29) is 5.75 Å². The molecule has 0 bridgehead atoms. The lowest BCUT2D eigenvalue weighted by Crippen LogP contribution is -2.17. The summed E-state index contributed by atoms with van der Waals surface area (Å²) in [6, 6.07) is 11.1. The third kappa shape index (κ3) is 3.78. The highest BCUT2D eigenvalue weighted by molar-refractivity contribution is 6.30.